The molecule has 1 aromatic carbocycles. The zero-order valence-electron chi connectivity index (χ0n) is 23.4. The van der Waals surface area contributed by atoms with Crippen molar-refractivity contribution in [3.8, 4) is 22.5 Å². The quantitative estimate of drug-likeness (QED) is 0.317. The lowest BCUT2D eigenvalue weighted by Gasteiger charge is -2.22. The molecule has 4 aromatic rings. The third-order valence-corrected chi connectivity index (χ3v) is 8.12. The van der Waals surface area contributed by atoms with E-state index in [1.807, 2.05) is 19.1 Å². The Kier molecular flexibility index (Phi) is 7.74. The topological polar surface area (TPSA) is 107 Å². The van der Waals surface area contributed by atoms with E-state index in [1.165, 1.54) is 24.7 Å². The van der Waals surface area contributed by atoms with Crippen LogP contribution in [-0.2, 0) is 11.8 Å². The molecule has 9 nitrogen and oxygen atoms in total. The maximum Gasteiger partial charge on any atom is 0.264 e. The maximum atomic E-state index is 13.7. The Balaban J connectivity index is 1.41. The number of hydrogen-bond acceptors (Lipinski definition) is 6. The molecule has 1 unspecified atom stereocenters. The standard InChI is InChI=1S/C31H28ClF2N7O2/c1-17-4-3-5-27(24-10-18(8-9-35-24)29-26(39-31(17)43)15-38-40(29)2)41-16-37-23(13-28(41)42)22-12-20(32)6-7-21(22)19-11-25(30(33)34)36-14-19/h6-17,25,27,30H,3-5H2,1-2H3,(H,39,43)/t17-,25?,27+/m1/s1. The van der Waals surface area contributed by atoms with Crippen molar-refractivity contribution in [3.63, 3.8) is 0 Å². The molecule has 0 radical (unpaired) electrons. The highest BCUT2D eigenvalue weighted by atomic mass is 35.5. The van der Waals surface area contributed by atoms with Gasteiger partial charge in [0.1, 0.15) is 6.04 Å². The molecule has 12 heteroatoms. The fourth-order valence-electron chi connectivity index (χ4n) is 5.59. The van der Waals surface area contributed by atoms with Crippen LogP contribution in [0.15, 0.2) is 71.0 Å². The van der Waals surface area contributed by atoms with Gasteiger partial charge in [0.25, 0.3) is 12.0 Å². The van der Waals surface area contributed by atoms with Gasteiger partial charge in [-0.3, -0.25) is 28.8 Å². The van der Waals surface area contributed by atoms with Gasteiger partial charge in [-0.15, -0.1) is 0 Å². The SMILES string of the molecule is C[C@@H]1CCC[C@H](n2cnc(-c3cc(Cl)ccc3C3=CC(C(F)F)N=C3)cc2=O)c2cc(ccn2)-c2c(cnn2C)NC1=O. The second-order valence-electron chi connectivity index (χ2n) is 10.8. The summed E-state index contributed by atoms with van der Waals surface area (Å²) >= 11 is 6.30. The number of carbonyl (C=O) groups excluding carboxylic acids is 1. The molecule has 1 N–H and O–H groups in total. The Morgan fingerprint density at radius 1 is 1.07 bits per heavy atom. The molecule has 0 saturated heterocycles. The number of fused-ring (bicyclic) bond motifs is 4. The summed E-state index contributed by atoms with van der Waals surface area (Å²) in [6, 6.07) is 8.52. The van der Waals surface area contributed by atoms with Gasteiger partial charge < -0.3 is 5.32 Å². The molecular formula is C31H28ClF2N7O2. The molecule has 43 heavy (non-hydrogen) atoms. The number of amides is 1. The molecule has 1 amide bonds. The summed E-state index contributed by atoms with van der Waals surface area (Å²) in [5, 5.41) is 7.76. The summed E-state index contributed by atoms with van der Waals surface area (Å²) in [5.74, 6) is -0.348. The van der Waals surface area contributed by atoms with E-state index in [9.17, 15) is 18.4 Å². The number of benzene rings is 1. The van der Waals surface area contributed by atoms with E-state index in [0.717, 1.165) is 11.3 Å². The van der Waals surface area contributed by atoms with Crippen molar-refractivity contribution in [1.82, 2.24) is 24.3 Å². The third-order valence-electron chi connectivity index (χ3n) is 7.89. The number of halogens is 3. The molecule has 2 aliphatic heterocycles. The highest BCUT2D eigenvalue weighted by Crippen LogP contribution is 2.34. The predicted molar refractivity (Wildman–Crippen MR) is 161 cm³/mol. The average Bonchev–Trinajstić information content (AvgIpc) is 3.62. The molecule has 2 aliphatic rings. The van der Waals surface area contributed by atoms with Crippen molar-refractivity contribution in [2.75, 3.05) is 5.32 Å². The predicted octanol–water partition coefficient (Wildman–Crippen LogP) is 5.81. The van der Waals surface area contributed by atoms with Gasteiger partial charge in [-0.1, -0.05) is 31.0 Å². The fourth-order valence-corrected chi connectivity index (χ4v) is 5.76. The summed E-state index contributed by atoms with van der Waals surface area (Å²) in [4.78, 5) is 39.8. The Morgan fingerprint density at radius 3 is 2.67 bits per heavy atom. The highest BCUT2D eigenvalue weighted by molar-refractivity contribution is 6.31. The van der Waals surface area contributed by atoms with E-state index in [1.54, 1.807) is 46.9 Å². The number of allylic oxidation sites excluding steroid dienone is 1. The van der Waals surface area contributed by atoms with Gasteiger partial charge >= 0.3 is 0 Å². The summed E-state index contributed by atoms with van der Waals surface area (Å²) in [6.45, 7) is 1.88. The first-order chi connectivity index (χ1) is 20.7. The number of pyridine rings is 1. The number of carbonyl (C=O) groups is 1. The summed E-state index contributed by atoms with van der Waals surface area (Å²) in [7, 11) is 1.80. The molecule has 3 aromatic heterocycles. The Labute approximate surface area is 251 Å². The molecule has 3 atom stereocenters. The van der Waals surface area contributed by atoms with Crippen molar-refractivity contribution in [2.24, 2.45) is 18.0 Å². The zero-order chi connectivity index (χ0) is 30.2. The largest absolute Gasteiger partial charge is 0.323 e. The van der Waals surface area contributed by atoms with Crippen molar-refractivity contribution < 1.29 is 13.6 Å². The number of aryl methyl sites for hydroxylation is 1. The van der Waals surface area contributed by atoms with Crippen LogP contribution in [0.4, 0.5) is 14.5 Å². The highest BCUT2D eigenvalue weighted by Gasteiger charge is 2.25. The van der Waals surface area contributed by atoms with Crippen LogP contribution in [0.25, 0.3) is 28.1 Å². The van der Waals surface area contributed by atoms with E-state index in [-0.39, 0.29) is 17.4 Å². The lowest BCUT2D eigenvalue weighted by Crippen LogP contribution is -2.27. The van der Waals surface area contributed by atoms with Crippen molar-refractivity contribution in [3.05, 3.63) is 87.8 Å². The van der Waals surface area contributed by atoms with Crippen LogP contribution in [0.3, 0.4) is 0 Å². The van der Waals surface area contributed by atoms with Crippen LogP contribution in [0.1, 0.15) is 43.5 Å². The van der Waals surface area contributed by atoms with Gasteiger partial charge in [0.15, 0.2) is 0 Å². The van der Waals surface area contributed by atoms with Gasteiger partial charge in [-0.25, -0.2) is 13.8 Å². The van der Waals surface area contributed by atoms with E-state index in [0.29, 0.717) is 58.1 Å². The molecule has 0 aliphatic carbocycles. The molecule has 0 fully saturated rings. The molecule has 6 rings (SSSR count). The lowest BCUT2D eigenvalue weighted by atomic mass is 9.96. The van der Waals surface area contributed by atoms with E-state index in [4.69, 9.17) is 11.6 Å². The van der Waals surface area contributed by atoms with Crippen LogP contribution >= 0.6 is 11.6 Å². The van der Waals surface area contributed by atoms with Gasteiger partial charge in [0, 0.05) is 47.6 Å². The van der Waals surface area contributed by atoms with E-state index < -0.39 is 18.5 Å². The molecule has 220 valence electrons. The average molecular weight is 604 g/mol. The van der Waals surface area contributed by atoms with Gasteiger partial charge in [-0.05, 0) is 54.3 Å². The second-order valence-corrected chi connectivity index (χ2v) is 11.2. The first kappa shape index (κ1) is 28.6. The summed E-state index contributed by atoms with van der Waals surface area (Å²) < 4.78 is 29.8. The Morgan fingerprint density at radius 2 is 1.91 bits per heavy atom. The molecule has 2 bridgehead atoms. The van der Waals surface area contributed by atoms with Crippen molar-refractivity contribution >= 4 is 35.0 Å². The van der Waals surface area contributed by atoms with Crippen LogP contribution in [-0.4, -0.2) is 48.9 Å². The number of aromatic nitrogens is 5. The van der Waals surface area contributed by atoms with Gasteiger partial charge in [0.05, 0.1) is 41.3 Å². The monoisotopic (exact) mass is 603 g/mol. The maximum absolute atomic E-state index is 13.7. The Bertz CT molecular complexity index is 1830. The number of alkyl halides is 2. The van der Waals surface area contributed by atoms with E-state index in [2.05, 4.69) is 25.4 Å². The second kappa shape index (κ2) is 11.6. The number of nitrogens with zero attached hydrogens (tertiary/aromatic N) is 6. The first-order valence-electron chi connectivity index (χ1n) is 13.9. The number of hydrogen-bond donors (Lipinski definition) is 1. The van der Waals surface area contributed by atoms with E-state index >= 15 is 0 Å². The normalized spacial score (nSPS) is 20.3. The van der Waals surface area contributed by atoms with Gasteiger partial charge in [-0.2, -0.15) is 5.10 Å². The summed E-state index contributed by atoms with van der Waals surface area (Å²) in [6.07, 6.45) is 6.80. The molecule has 5 heterocycles. The minimum absolute atomic E-state index is 0.0940. The first-order valence-corrected chi connectivity index (χ1v) is 14.3. The van der Waals surface area contributed by atoms with Gasteiger partial charge in [0.2, 0.25) is 5.91 Å². The van der Waals surface area contributed by atoms with Crippen LogP contribution in [0.2, 0.25) is 5.02 Å². The van der Waals surface area contributed by atoms with Crippen molar-refractivity contribution in [1.29, 1.82) is 0 Å². The number of nitrogens with one attached hydrogen (secondary N) is 1. The molecular weight excluding hydrogens is 576 g/mol. The minimum atomic E-state index is -2.62. The minimum Gasteiger partial charge on any atom is -0.323 e. The number of rotatable bonds is 4. The smallest absolute Gasteiger partial charge is 0.264 e. The summed E-state index contributed by atoms with van der Waals surface area (Å²) in [5.41, 5.74) is 4.50. The Hall–Kier alpha value is -4.51. The van der Waals surface area contributed by atoms with Crippen molar-refractivity contribution in [2.45, 2.75) is 44.7 Å². The fraction of sp³-hybridized carbons (Fsp3) is 0.290. The number of anilines is 1. The van der Waals surface area contributed by atoms with Crippen LogP contribution in [0.5, 0.6) is 0 Å². The lowest BCUT2D eigenvalue weighted by molar-refractivity contribution is -0.119. The molecule has 0 saturated carbocycles. The number of aliphatic imine (C=N–C) groups is 1. The molecule has 0 spiro atoms. The van der Waals surface area contributed by atoms with Crippen LogP contribution < -0.4 is 10.9 Å². The zero-order valence-corrected chi connectivity index (χ0v) is 24.2. The van der Waals surface area contributed by atoms with Crippen LogP contribution in [0, 0.1) is 5.92 Å². The third kappa shape index (κ3) is 5.64.